The first-order valence-corrected chi connectivity index (χ1v) is 9.82. The molecule has 0 unspecified atom stereocenters. The number of nitrogens with zero attached hydrogens (tertiary/aromatic N) is 2. The summed E-state index contributed by atoms with van der Waals surface area (Å²) in [6.45, 7) is 2.44. The van der Waals surface area contributed by atoms with Crippen molar-refractivity contribution < 1.29 is 9.84 Å². The molecule has 0 bridgehead atoms. The second kappa shape index (κ2) is 7.58. The zero-order valence-electron chi connectivity index (χ0n) is 15.9. The smallest absolute Gasteiger partial charge is 0.254 e. The monoisotopic (exact) mass is 368 g/mol. The van der Waals surface area contributed by atoms with Crippen LogP contribution in [0.25, 0.3) is 0 Å². The molecule has 0 amide bonds. The van der Waals surface area contributed by atoms with Gasteiger partial charge in [-0.05, 0) is 24.5 Å². The average Bonchev–Trinajstić information content (AvgIpc) is 2.67. The van der Waals surface area contributed by atoms with E-state index >= 15 is 0 Å². The molecular formula is C22H28N2O3. The number of aliphatic hydroxyl groups is 1. The third-order valence-corrected chi connectivity index (χ3v) is 6.02. The molecule has 0 aliphatic carbocycles. The fourth-order valence-electron chi connectivity index (χ4n) is 4.49. The summed E-state index contributed by atoms with van der Waals surface area (Å²) < 4.78 is 8.19. The molecule has 2 atom stereocenters. The first kappa shape index (κ1) is 18.4. The highest BCUT2D eigenvalue weighted by Crippen LogP contribution is 2.43. The molecule has 1 spiro atoms. The van der Waals surface area contributed by atoms with Gasteiger partial charge in [0.1, 0.15) is 0 Å². The number of aliphatic hydroxyl groups excluding tert-OH is 1. The zero-order valence-corrected chi connectivity index (χ0v) is 15.9. The molecule has 1 aromatic carbocycles. The SMILES string of the molecule is Cn1cccc(CN2CCC3(CC2)C[C@@H](O)C[C@H](c2ccccc2)O3)c1=O. The Kier molecular flexibility index (Phi) is 5.17. The predicted molar refractivity (Wildman–Crippen MR) is 104 cm³/mol. The molecule has 144 valence electrons. The molecule has 2 aliphatic heterocycles. The minimum Gasteiger partial charge on any atom is -0.393 e. The van der Waals surface area contributed by atoms with E-state index in [1.807, 2.05) is 30.3 Å². The molecule has 5 nitrogen and oxygen atoms in total. The van der Waals surface area contributed by atoms with Crippen molar-refractivity contribution >= 4 is 0 Å². The highest BCUT2D eigenvalue weighted by molar-refractivity contribution is 5.19. The molecule has 2 fully saturated rings. The Morgan fingerprint density at radius 3 is 2.63 bits per heavy atom. The topological polar surface area (TPSA) is 54.7 Å². The largest absolute Gasteiger partial charge is 0.393 e. The van der Waals surface area contributed by atoms with Gasteiger partial charge in [-0.15, -0.1) is 0 Å². The van der Waals surface area contributed by atoms with Crippen LogP contribution in [0.15, 0.2) is 53.5 Å². The van der Waals surface area contributed by atoms with Crippen LogP contribution in [0.4, 0.5) is 0 Å². The lowest BCUT2D eigenvalue weighted by atomic mass is 9.81. The molecule has 2 aliphatic rings. The van der Waals surface area contributed by atoms with Gasteiger partial charge in [0.2, 0.25) is 0 Å². The number of rotatable bonds is 3. The van der Waals surface area contributed by atoms with Gasteiger partial charge in [-0.1, -0.05) is 36.4 Å². The number of piperidine rings is 1. The molecule has 27 heavy (non-hydrogen) atoms. The van der Waals surface area contributed by atoms with E-state index in [9.17, 15) is 9.90 Å². The fourth-order valence-corrected chi connectivity index (χ4v) is 4.49. The van der Waals surface area contributed by atoms with E-state index in [2.05, 4.69) is 17.0 Å². The maximum atomic E-state index is 12.3. The number of hydrogen-bond donors (Lipinski definition) is 1. The Bertz CT molecular complexity index is 825. The lowest BCUT2D eigenvalue weighted by Crippen LogP contribution is -2.51. The number of aromatic nitrogens is 1. The lowest BCUT2D eigenvalue weighted by Gasteiger charge is -2.48. The van der Waals surface area contributed by atoms with E-state index in [1.54, 1.807) is 17.8 Å². The Morgan fingerprint density at radius 2 is 1.89 bits per heavy atom. The summed E-state index contributed by atoms with van der Waals surface area (Å²) in [5.74, 6) is 0. The lowest BCUT2D eigenvalue weighted by molar-refractivity contribution is -0.184. The first-order chi connectivity index (χ1) is 13.0. The summed E-state index contributed by atoms with van der Waals surface area (Å²) in [6.07, 6.45) is 4.58. The highest BCUT2D eigenvalue weighted by Gasteiger charge is 2.43. The summed E-state index contributed by atoms with van der Waals surface area (Å²) in [5, 5.41) is 10.5. The van der Waals surface area contributed by atoms with E-state index in [0.29, 0.717) is 19.4 Å². The van der Waals surface area contributed by atoms with Crippen molar-refractivity contribution in [2.24, 2.45) is 7.05 Å². The summed E-state index contributed by atoms with van der Waals surface area (Å²) in [6, 6.07) is 14.1. The minimum absolute atomic E-state index is 0.0390. The molecule has 4 rings (SSSR count). The van der Waals surface area contributed by atoms with Crippen molar-refractivity contribution in [3.8, 4) is 0 Å². The quantitative estimate of drug-likeness (QED) is 0.905. The van der Waals surface area contributed by atoms with Crippen LogP contribution < -0.4 is 5.56 Å². The van der Waals surface area contributed by atoms with Crippen molar-refractivity contribution in [3.63, 3.8) is 0 Å². The summed E-state index contributed by atoms with van der Waals surface area (Å²) in [7, 11) is 1.79. The number of likely N-dealkylation sites (tertiary alicyclic amines) is 1. The maximum absolute atomic E-state index is 12.3. The zero-order chi connectivity index (χ0) is 18.9. The summed E-state index contributed by atoms with van der Waals surface area (Å²) in [4.78, 5) is 14.6. The summed E-state index contributed by atoms with van der Waals surface area (Å²) in [5.41, 5.74) is 1.80. The molecule has 5 heteroatoms. The third-order valence-electron chi connectivity index (χ3n) is 6.02. The number of hydrogen-bond acceptors (Lipinski definition) is 4. The van der Waals surface area contributed by atoms with Gasteiger partial charge in [0.25, 0.3) is 5.56 Å². The minimum atomic E-state index is -0.322. The van der Waals surface area contributed by atoms with E-state index in [1.165, 1.54) is 0 Å². The van der Waals surface area contributed by atoms with Gasteiger partial charge < -0.3 is 14.4 Å². The van der Waals surface area contributed by atoms with Gasteiger partial charge in [-0.25, -0.2) is 0 Å². The van der Waals surface area contributed by atoms with Crippen molar-refractivity contribution in [1.82, 2.24) is 9.47 Å². The highest BCUT2D eigenvalue weighted by atomic mass is 16.5. The molecule has 3 heterocycles. The van der Waals surface area contributed by atoms with Gasteiger partial charge in [0, 0.05) is 51.3 Å². The summed E-state index contributed by atoms with van der Waals surface area (Å²) >= 11 is 0. The van der Waals surface area contributed by atoms with Crippen molar-refractivity contribution in [1.29, 1.82) is 0 Å². The first-order valence-electron chi connectivity index (χ1n) is 9.82. The van der Waals surface area contributed by atoms with Gasteiger partial charge in [0.05, 0.1) is 17.8 Å². The molecule has 1 aromatic heterocycles. The van der Waals surface area contributed by atoms with Crippen molar-refractivity contribution in [3.05, 3.63) is 70.1 Å². The van der Waals surface area contributed by atoms with Crippen LogP contribution in [0.1, 0.15) is 42.9 Å². The van der Waals surface area contributed by atoms with Crippen LogP contribution in [0, 0.1) is 0 Å². The Morgan fingerprint density at radius 1 is 1.15 bits per heavy atom. The second-order valence-electron chi connectivity index (χ2n) is 8.02. The maximum Gasteiger partial charge on any atom is 0.254 e. The molecule has 0 radical (unpaired) electrons. The van der Waals surface area contributed by atoms with Crippen LogP contribution in [-0.4, -0.2) is 39.4 Å². The van der Waals surface area contributed by atoms with E-state index < -0.39 is 0 Å². The molecule has 1 N–H and O–H groups in total. The van der Waals surface area contributed by atoms with Gasteiger partial charge in [-0.2, -0.15) is 0 Å². The standard InChI is InChI=1S/C22H28N2O3/c1-23-11-5-8-18(21(23)26)16-24-12-9-22(10-13-24)15-19(25)14-20(27-22)17-6-3-2-4-7-17/h2-8,11,19-20,25H,9-10,12-16H2,1H3/t19-,20+/m0/s1. The van der Waals surface area contributed by atoms with E-state index in [0.717, 1.165) is 37.1 Å². The molecule has 2 saturated heterocycles. The van der Waals surface area contributed by atoms with Gasteiger partial charge in [0.15, 0.2) is 0 Å². The second-order valence-corrected chi connectivity index (χ2v) is 8.02. The molecule has 2 aromatic rings. The van der Waals surface area contributed by atoms with Crippen LogP contribution in [-0.2, 0) is 18.3 Å². The predicted octanol–water partition coefficient (Wildman–Crippen LogP) is 2.63. The van der Waals surface area contributed by atoms with Crippen LogP contribution >= 0.6 is 0 Å². The van der Waals surface area contributed by atoms with Crippen LogP contribution in [0.5, 0.6) is 0 Å². The molecular weight excluding hydrogens is 340 g/mol. The Labute approximate surface area is 160 Å². The van der Waals surface area contributed by atoms with Crippen LogP contribution in [0.3, 0.4) is 0 Å². The number of benzene rings is 1. The average molecular weight is 368 g/mol. The number of ether oxygens (including phenoxy) is 1. The van der Waals surface area contributed by atoms with E-state index in [-0.39, 0.29) is 23.4 Å². The molecule has 0 saturated carbocycles. The van der Waals surface area contributed by atoms with E-state index in [4.69, 9.17) is 4.74 Å². The third kappa shape index (κ3) is 4.00. The normalized spacial score (nSPS) is 25.6. The van der Waals surface area contributed by atoms with Crippen LogP contribution in [0.2, 0.25) is 0 Å². The fraction of sp³-hybridized carbons (Fsp3) is 0.500. The van der Waals surface area contributed by atoms with Crippen molar-refractivity contribution in [2.45, 2.75) is 50.0 Å². The van der Waals surface area contributed by atoms with Gasteiger partial charge >= 0.3 is 0 Å². The number of pyridine rings is 1. The Balaban J connectivity index is 1.42. The Hall–Kier alpha value is -1.95. The number of aryl methyl sites for hydroxylation is 1. The van der Waals surface area contributed by atoms with Crippen molar-refractivity contribution in [2.75, 3.05) is 13.1 Å². The van der Waals surface area contributed by atoms with Gasteiger partial charge in [-0.3, -0.25) is 9.69 Å².